The van der Waals surface area contributed by atoms with Gasteiger partial charge in [0.15, 0.2) is 0 Å². The van der Waals surface area contributed by atoms with Crippen LogP contribution < -0.4 is 11.3 Å². The Bertz CT molecular complexity index is 592. The smallest absolute Gasteiger partial charge is 0.238 e. The Morgan fingerprint density at radius 1 is 1.40 bits per heavy atom. The molecule has 2 heterocycles. The predicted octanol–water partition coefficient (Wildman–Crippen LogP) is 1.32. The van der Waals surface area contributed by atoms with E-state index in [0.29, 0.717) is 12.0 Å². The van der Waals surface area contributed by atoms with Gasteiger partial charge in [0.1, 0.15) is 5.03 Å². The third kappa shape index (κ3) is 2.59. The molecule has 3 rings (SSSR count). The summed E-state index contributed by atoms with van der Waals surface area (Å²) >= 11 is 1.44. The third-order valence-electron chi connectivity index (χ3n) is 3.38. The summed E-state index contributed by atoms with van der Waals surface area (Å²) in [7, 11) is 0. The predicted molar refractivity (Wildman–Crippen MR) is 74.0 cm³/mol. The number of aryl methyl sites for hydroxylation is 1. The van der Waals surface area contributed by atoms with Crippen LogP contribution in [-0.2, 0) is 0 Å². The average molecular weight is 292 g/mol. The first kappa shape index (κ1) is 13.3. The lowest BCUT2D eigenvalue weighted by Gasteiger charge is -2.11. The second-order valence-corrected chi connectivity index (χ2v) is 5.73. The van der Waals surface area contributed by atoms with Crippen LogP contribution in [0.1, 0.15) is 37.3 Å². The standard InChI is InChI=1S/C11H16N8S/c1-7-6-13-10(15-12)14-9(7)20-11-16-17-18-19(11)8-4-2-3-5-8/h6,8H,2-5,12H2,1H3,(H,13,14,15). The highest BCUT2D eigenvalue weighted by molar-refractivity contribution is 7.99. The van der Waals surface area contributed by atoms with E-state index in [9.17, 15) is 0 Å². The fourth-order valence-corrected chi connectivity index (χ4v) is 3.19. The van der Waals surface area contributed by atoms with Crippen LogP contribution in [0.15, 0.2) is 16.4 Å². The van der Waals surface area contributed by atoms with Gasteiger partial charge in [0, 0.05) is 11.8 Å². The number of aromatic nitrogens is 6. The van der Waals surface area contributed by atoms with Gasteiger partial charge in [-0.2, -0.15) is 0 Å². The van der Waals surface area contributed by atoms with E-state index in [1.807, 2.05) is 11.6 Å². The lowest BCUT2D eigenvalue weighted by Crippen LogP contribution is -2.11. The molecule has 20 heavy (non-hydrogen) atoms. The Hall–Kier alpha value is -1.74. The van der Waals surface area contributed by atoms with Crippen molar-refractivity contribution in [3.8, 4) is 0 Å². The second-order valence-electron chi connectivity index (χ2n) is 4.77. The summed E-state index contributed by atoms with van der Waals surface area (Å²) in [6.07, 6.45) is 6.48. The molecule has 0 aromatic carbocycles. The molecule has 1 saturated carbocycles. The van der Waals surface area contributed by atoms with Crippen LogP contribution in [0.25, 0.3) is 0 Å². The summed E-state index contributed by atoms with van der Waals surface area (Å²) in [6, 6.07) is 0.404. The van der Waals surface area contributed by atoms with Gasteiger partial charge < -0.3 is 0 Å². The summed E-state index contributed by atoms with van der Waals surface area (Å²) in [5.41, 5.74) is 3.42. The van der Waals surface area contributed by atoms with E-state index in [0.717, 1.165) is 28.6 Å². The Morgan fingerprint density at radius 2 is 2.20 bits per heavy atom. The van der Waals surface area contributed by atoms with Crippen molar-refractivity contribution in [2.75, 3.05) is 5.43 Å². The zero-order valence-corrected chi connectivity index (χ0v) is 12.0. The summed E-state index contributed by atoms with van der Waals surface area (Å²) in [6.45, 7) is 1.95. The molecule has 0 unspecified atom stereocenters. The molecule has 0 spiro atoms. The first-order valence-electron chi connectivity index (χ1n) is 6.54. The van der Waals surface area contributed by atoms with E-state index in [1.165, 1.54) is 24.6 Å². The Kier molecular flexibility index (Phi) is 3.79. The van der Waals surface area contributed by atoms with Gasteiger partial charge >= 0.3 is 0 Å². The van der Waals surface area contributed by atoms with Crippen LogP contribution in [0.4, 0.5) is 5.95 Å². The summed E-state index contributed by atoms with van der Waals surface area (Å²) in [4.78, 5) is 8.41. The number of nitrogens with zero attached hydrogens (tertiary/aromatic N) is 6. The van der Waals surface area contributed by atoms with Gasteiger partial charge in [0.05, 0.1) is 6.04 Å². The van der Waals surface area contributed by atoms with E-state index in [2.05, 4.69) is 30.9 Å². The zero-order valence-electron chi connectivity index (χ0n) is 11.2. The monoisotopic (exact) mass is 292 g/mol. The maximum absolute atomic E-state index is 5.34. The van der Waals surface area contributed by atoms with Crippen molar-refractivity contribution in [2.24, 2.45) is 5.84 Å². The van der Waals surface area contributed by atoms with Crippen LogP contribution in [0.5, 0.6) is 0 Å². The molecule has 0 amide bonds. The highest BCUT2D eigenvalue weighted by atomic mass is 32.2. The maximum Gasteiger partial charge on any atom is 0.238 e. The largest absolute Gasteiger partial charge is 0.292 e. The fourth-order valence-electron chi connectivity index (χ4n) is 2.32. The molecule has 9 heteroatoms. The normalized spacial score (nSPS) is 15.7. The van der Waals surface area contributed by atoms with Crippen molar-refractivity contribution in [3.05, 3.63) is 11.8 Å². The molecule has 0 radical (unpaired) electrons. The van der Waals surface area contributed by atoms with Crippen molar-refractivity contribution >= 4 is 17.7 Å². The molecule has 3 N–H and O–H groups in total. The first-order valence-corrected chi connectivity index (χ1v) is 7.35. The summed E-state index contributed by atoms with van der Waals surface area (Å²) in [5, 5.41) is 13.6. The summed E-state index contributed by atoms with van der Waals surface area (Å²) < 4.78 is 1.91. The van der Waals surface area contributed by atoms with E-state index in [-0.39, 0.29) is 0 Å². The van der Waals surface area contributed by atoms with Crippen LogP contribution >= 0.6 is 11.8 Å². The van der Waals surface area contributed by atoms with E-state index in [1.54, 1.807) is 6.20 Å². The molecule has 106 valence electrons. The average Bonchev–Trinajstić information content (AvgIpc) is 3.11. The number of hydrogen-bond donors (Lipinski definition) is 2. The minimum Gasteiger partial charge on any atom is -0.292 e. The molecule has 1 aliphatic rings. The Morgan fingerprint density at radius 3 is 2.95 bits per heavy atom. The topological polar surface area (TPSA) is 107 Å². The SMILES string of the molecule is Cc1cnc(NN)nc1Sc1nnnn1C1CCCC1. The number of nitrogens with one attached hydrogen (secondary N) is 1. The number of hydrogen-bond acceptors (Lipinski definition) is 8. The molecule has 8 nitrogen and oxygen atoms in total. The van der Waals surface area contributed by atoms with Gasteiger partial charge in [-0.1, -0.05) is 12.8 Å². The third-order valence-corrected chi connectivity index (χ3v) is 4.43. The Labute approximate surface area is 120 Å². The minimum absolute atomic E-state index is 0.387. The van der Waals surface area contributed by atoms with Gasteiger partial charge in [-0.05, 0) is 42.0 Å². The lowest BCUT2D eigenvalue weighted by atomic mass is 10.3. The number of rotatable bonds is 4. The van der Waals surface area contributed by atoms with Crippen molar-refractivity contribution in [3.63, 3.8) is 0 Å². The minimum atomic E-state index is 0.387. The molecule has 2 aromatic rings. The second kappa shape index (κ2) is 5.71. The summed E-state index contributed by atoms with van der Waals surface area (Å²) in [5.74, 6) is 5.73. The Balaban J connectivity index is 1.86. The molecule has 0 bridgehead atoms. The van der Waals surface area contributed by atoms with Crippen molar-refractivity contribution < 1.29 is 0 Å². The van der Waals surface area contributed by atoms with Gasteiger partial charge in [0.2, 0.25) is 11.1 Å². The van der Waals surface area contributed by atoms with Crippen molar-refractivity contribution in [1.82, 2.24) is 30.2 Å². The quantitative estimate of drug-likeness (QED) is 0.493. The first-order chi connectivity index (χ1) is 9.78. The van der Waals surface area contributed by atoms with E-state index in [4.69, 9.17) is 5.84 Å². The highest BCUT2D eigenvalue weighted by Crippen LogP contribution is 2.34. The molecule has 2 aromatic heterocycles. The molecule has 1 aliphatic carbocycles. The number of nitrogens with two attached hydrogens (primary N) is 1. The van der Waals surface area contributed by atoms with Gasteiger partial charge in [-0.3, -0.25) is 5.43 Å². The number of nitrogen functional groups attached to an aromatic ring is 1. The van der Waals surface area contributed by atoms with E-state index >= 15 is 0 Å². The van der Waals surface area contributed by atoms with Gasteiger partial charge in [-0.25, -0.2) is 20.5 Å². The molecule has 1 fully saturated rings. The van der Waals surface area contributed by atoms with Crippen molar-refractivity contribution in [1.29, 1.82) is 0 Å². The van der Waals surface area contributed by atoms with E-state index < -0.39 is 0 Å². The fraction of sp³-hybridized carbons (Fsp3) is 0.545. The van der Waals surface area contributed by atoms with Crippen LogP contribution in [0.2, 0.25) is 0 Å². The molecule has 0 saturated heterocycles. The molecular formula is C11H16N8S. The maximum atomic E-state index is 5.34. The lowest BCUT2D eigenvalue weighted by molar-refractivity contribution is 0.423. The van der Waals surface area contributed by atoms with Crippen molar-refractivity contribution in [2.45, 2.75) is 48.8 Å². The number of hydrazine groups is 1. The molecule has 0 aliphatic heterocycles. The van der Waals surface area contributed by atoms with Gasteiger partial charge in [0.25, 0.3) is 0 Å². The molecule has 0 atom stereocenters. The van der Waals surface area contributed by atoms with Crippen LogP contribution in [0, 0.1) is 6.92 Å². The van der Waals surface area contributed by atoms with Gasteiger partial charge in [-0.15, -0.1) is 5.10 Å². The number of anilines is 1. The zero-order chi connectivity index (χ0) is 13.9. The van der Waals surface area contributed by atoms with Crippen LogP contribution in [0.3, 0.4) is 0 Å². The van der Waals surface area contributed by atoms with Crippen LogP contribution in [-0.4, -0.2) is 30.2 Å². The number of tetrazole rings is 1. The highest BCUT2D eigenvalue weighted by Gasteiger charge is 2.22. The molecular weight excluding hydrogens is 276 g/mol.